The van der Waals surface area contributed by atoms with Gasteiger partial charge in [-0.3, -0.25) is 0 Å². The van der Waals surface area contributed by atoms with Gasteiger partial charge in [-0.25, -0.2) is 4.79 Å². The molecule has 12 heavy (non-hydrogen) atoms. The summed E-state index contributed by atoms with van der Waals surface area (Å²) in [6.45, 7) is 6.31. The third-order valence-corrected chi connectivity index (χ3v) is 2.57. The van der Waals surface area contributed by atoms with Gasteiger partial charge in [0.2, 0.25) is 0 Å². The molecule has 0 aromatic rings. The fraction of sp³-hybridized carbons (Fsp3) is 0.667. The van der Waals surface area contributed by atoms with Gasteiger partial charge >= 0.3 is 5.97 Å². The number of carbonyl (C=O) groups excluding carboxylic acids is 1. The number of allylic oxidation sites excluding steroid dienone is 1. The molecule has 1 atom stereocenters. The van der Waals surface area contributed by atoms with Gasteiger partial charge in [-0.1, -0.05) is 13.0 Å². The Bertz CT molecular complexity index is 164. The zero-order valence-electron chi connectivity index (χ0n) is 8.02. The molecule has 0 aromatic heterocycles. The molecule has 0 aromatic carbocycles. The Hall–Kier alpha value is -0.360. The van der Waals surface area contributed by atoms with Crippen LogP contribution in [0.3, 0.4) is 0 Å². The molecule has 0 saturated heterocycles. The molecule has 0 N–H and O–H groups in total. The van der Waals surface area contributed by atoms with Gasteiger partial charge in [-0.15, -0.1) is 8.58 Å². The summed E-state index contributed by atoms with van der Waals surface area (Å²) in [6.07, 6.45) is 3.95. The van der Waals surface area contributed by atoms with Crippen LogP contribution in [0.5, 0.6) is 0 Å². The Morgan fingerprint density at radius 2 is 2.25 bits per heavy atom. The van der Waals surface area contributed by atoms with Crippen molar-refractivity contribution in [1.29, 1.82) is 0 Å². The number of rotatable bonds is 5. The summed E-state index contributed by atoms with van der Waals surface area (Å²) in [5, 5.41) is 0. The Labute approximate surface area is 76.2 Å². The van der Waals surface area contributed by atoms with E-state index in [1.54, 1.807) is 13.0 Å². The first-order valence-corrected chi connectivity index (χ1v) is 5.64. The molecule has 0 fully saturated rings. The fourth-order valence-corrected chi connectivity index (χ4v) is 1.22. The molecule has 3 heteroatoms. The molecule has 2 nitrogen and oxygen atoms in total. The quantitative estimate of drug-likeness (QED) is 0.286. The van der Waals surface area contributed by atoms with Crippen molar-refractivity contribution in [1.82, 2.24) is 0 Å². The van der Waals surface area contributed by atoms with Gasteiger partial charge in [0.15, 0.2) is 0 Å². The highest BCUT2D eigenvalue weighted by Gasteiger charge is 2.02. The molecule has 0 bridgehead atoms. The standard InChI is InChI=1S/C9H17O2P/c1-4-8(3)9(10)11-6-7-12-5-2/h4,12H,5-7H2,1-3H3/b8-4+. The minimum atomic E-state index is -0.182. The van der Waals surface area contributed by atoms with Crippen LogP contribution in [0.15, 0.2) is 11.6 Å². The van der Waals surface area contributed by atoms with Crippen LogP contribution in [0.4, 0.5) is 0 Å². The molecule has 70 valence electrons. The van der Waals surface area contributed by atoms with Gasteiger partial charge in [-0.05, 0) is 26.2 Å². The van der Waals surface area contributed by atoms with Crippen molar-refractivity contribution in [3.8, 4) is 0 Å². The predicted octanol–water partition coefficient (Wildman–Crippen LogP) is 2.19. The first kappa shape index (κ1) is 11.6. The molecule has 0 aliphatic rings. The average Bonchev–Trinajstić information content (AvgIpc) is 2.10. The van der Waals surface area contributed by atoms with E-state index >= 15 is 0 Å². The second kappa shape index (κ2) is 7.30. The highest BCUT2D eigenvalue weighted by atomic mass is 31.1. The molecule has 0 aliphatic carbocycles. The minimum Gasteiger partial charge on any atom is -0.462 e. The first-order valence-electron chi connectivity index (χ1n) is 4.23. The lowest BCUT2D eigenvalue weighted by atomic mass is 10.3. The summed E-state index contributed by atoms with van der Waals surface area (Å²) in [7, 11) is 0.912. The Balaban J connectivity index is 3.45. The predicted molar refractivity (Wildman–Crippen MR) is 54.1 cm³/mol. The van der Waals surface area contributed by atoms with Crippen LogP contribution in [0.25, 0.3) is 0 Å². The Morgan fingerprint density at radius 3 is 2.75 bits per heavy atom. The van der Waals surface area contributed by atoms with Gasteiger partial charge in [-0.2, -0.15) is 0 Å². The highest BCUT2D eigenvalue weighted by Crippen LogP contribution is 2.07. The molecule has 0 radical (unpaired) electrons. The summed E-state index contributed by atoms with van der Waals surface area (Å²) < 4.78 is 5.00. The number of hydrogen-bond donors (Lipinski definition) is 0. The van der Waals surface area contributed by atoms with E-state index in [-0.39, 0.29) is 5.97 Å². The molecular formula is C9H17O2P. The van der Waals surface area contributed by atoms with Crippen molar-refractivity contribution in [3.05, 3.63) is 11.6 Å². The smallest absolute Gasteiger partial charge is 0.333 e. The summed E-state index contributed by atoms with van der Waals surface area (Å²) in [6, 6.07) is 0. The van der Waals surface area contributed by atoms with E-state index in [2.05, 4.69) is 6.92 Å². The zero-order valence-corrected chi connectivity index (χ0v) is 9.02. The maximum atomic E-state index is 11.0. The summed E-state index contributed by atoms with van der Waals surface area (Å²) in [4.78, 5) is 11.0. The van der Waals surface area contributed by atoms with Crippen LogP contribution in [-0.2, 0) is 9.53 Å². The van der Waals surface area contributed by atoms with Crippen molar-refractivity contribution < 1.29 is 9.53 Å². The summed E-state index contributed by atoms with van der Waals surface area (Å²) >= 11 is 0. The van der Waals surface area contributed by atoms with Crippen LogP contribution >= 0.6 is 8.58 Å². The lowest BCUT2D eigenvalue weighted by molar-refractivity contribution is -0.138. The lowest BCUT2D eigenvalue weighted by Crippen LogP contribution is -2.07. The van der Waals surface area contributed by atoms with E-state index in [0.717, 1.165) is 14.7 Å². The van der Waals surface area contributed by atoms with Gasteiger partial charge in [0.25, 0.3) is 0 Å². The molecule has 1 unspecified atom stereocenters. The van der Waals surface area contributed by atoms with Gasteiger partial charge in [0, 0.05) is 5.57 Å². The van der Waals surface area contributed by atoms with Crippen molar-refractivity contribution in [2.45, 2.75) is 20.8 Å². The molecule has 0 amide bonds. The van der Waals surface area contributed by atoms with E-state index in [9.17, 15) is 4.79 Å². The van der Waals surface area contributed by atoms with Crippen molar-refractivity contribution in [3.63, 3.8) is 0 Å². The van der Waals surface area contributed by atoms with E-state index in [0.29, 0.717) is 12.2 Å². The molecule has 0 heterocycles. The number of hydrogen-bond acceptors (Lipinski definition) is 2. The number of esters is 1. The molecule has 0 spiro atoms. The van der Waals surface area contributed by atoms with Gasteiger partial charge in [0.1, 0.15) is 0 Å². The molecule has 0 saturated carbocycles. The SMILES string of the molecule is C/C=C(\C)C(=O)OCCPCC. The second-order valence-corrected chi connectivity index (χ2v) is 4.17. The zero-order chi connectivity index (χ0) is 9.40. The maximum absolute atomic E-state index is 11.0. The van der Waals surface area contributed by atoms with Crippen molar-refractivity contribution >= 4 is 14.6 Å². The first-order chi connectivity index (χ1) is 5.72. The largest absolute Gasteiger partial charge is 0.462 e. The van der Waals surface area contributed by atoms with Crippen LogP contribution in [-0.4, -0.2) is 24.9 Å². The molecular weight excluding hydrogens is 171 g/mol. The van der Waals surface area contributed by atoms with Crippen LogP contribution < -0.4 is 0 Å². The highest BCUT2D eigenvalue weighted by molar-refractivity contribution is 7.37. The number of carbonyl (C=O) groups is 1. The average molecular weight is 188 g/mol. The summed E-state index contributed by atoms with van der Waals surface area (Å²) in [5.74, 6) is -0.182. The van der Waals surface area contributed by atoms with Crippen molar-refractivity contribution in [2.75, 3.05) is 18.9 Å². The normalized spacial score (nSPS) is 12.4. The Kier molecular flexibility index (Phi) is 7.08. The second-order valence-electron chi connectivity index (χ2n) is 2.46. The van der Waals surface area contributed by atoms with E-state index < -0.39 is 0 Å². The third kappa shape index (κ3) is 5.31. The van der Waals surface area contributed by atoms with Crippen LogP contribution in [0.2, 0.25) is 0 Å². The third-order valence-electron chi connectivity index (χ3n) is 1.52. The fourth-order valence-electron chi connectivity index (χ4n) is 0.624. The Morgan fingerprint density at radius 1 is 1.58 bits per heavy atom. The topological polar surface area (TPSA) is 26.3 Å². The van der Waals surface area contributed by atoms with E-state index in [4.69, 9.17) is 4.74 Å². The number of ether oxygens (including phenoxy) is 1. The minimum absolute atomic E-state index is 0.182. The monoisotopic (exact) mass is 188 g/mol. The van der Waals surface area contributed by atoms with Gasteiger partial charge in [0.05, 0.1) is 6.61 Å². The van der Waals surface area contributed by atoms with Crippen LogP contribution in [0, 0.1) is 0 Å². The lowest BCUT2D eigenvalue weighted by Gasteiger charge is -2.03. The van der Waals surface area contributed by atoms with E-state index in [1.165, 1.54) is 6.16 Å². The van der Waals surface area contributed by atoms with Crippen molar-refractivity contribution in [2.24, 2.45) is 0 Å². The van der Waals surface area contributed by atoms with E-state index in [1.807, 2.05) is 6.92 Å². The molecule has 0 rings (SSSR count). The maximum Gasteiger partial charge on any atom is 0.333 e. The van der Waals surface area contributed by atoms with Gasteiger partial charge < -0.3 is 4.74 Å². The summed E-state index contributed by atoms with van der Waals surface area (Å²) in [5.41, 5.74) is 0.690. The van der Waals surface area contributed by atoms with Crippen LogP contribution in [0.1, 0.15) is 20.8 Å². The molecule has 0 aliphatic heterocycles.